The Morgan fingerprint density at radius 2 is 2.06 bits per heavy atom. The van der Waals surface area contributed by atoms with E-state index >= 15 is 0 Å². The van der Waals surface area contributed by atoms with Crippen LogP contribution in [0.4, 0.5) is 0 Å². The molecule has 1 heterocycles. The molecule has 18 heavy (non-hydrogen) atoms. The van der Waals surface area contributed by atoms with Gasteiger partial charge in [-0.1, -0.05) is 6.42 Å². The zero-order valence-corrected chi connectivity index (χ0v) is 10.3. The van der Waals surface area contributed by atoms with Crippen molar-refractivity contribution in [3.63, 3.8) is 0 Å². The summed E-state index contributed by atoms with van der Waals surface area (Å²) in [5.41, 5.74) is 5.86. The Morgan fingerprint density at radius 3 is 2.61 bits per heavy atom. The number of nitrogens with two attached hydrogens (primary N) is 1. The van der Waals surface area contributed by atoms with Gasteiger partial charge in [-0.2, -0.15) is 0 Å². The van der Waals surface area contributed by atoms with Crippen molar-refractivity contribution >= 4 is 11.9 Å². The van der Waals surface area contributed by atoms with Crippen LogP contribution in [0.2, 0.25) is 0 Å². The summed E-state index contributed by atoms with van der Waals surface area (Å²) in [5, 5.41) is 11.6. The summed E-state index contributed by atoms with van der Waals surface area (Å²) in [7, 11) is 0. The maximum atomic E-state index is 11.9. The standard InChI is InChI=1S/C12H20N2O4/c13-9-3-1-2-8(9)11(15)14-6-7-4-5-10(18-7)12(16)17/h7-10H,1-6,13H2,(H,14,15)(H,16,17). The molecule has 2 aliphatic rings. The zero-order valence-electron chi connectivity index (χ0n) is 10.3. The molecule has 0 spiro atoms. The largest absolute Gasteiger partial charge is 0.479 e. The Bertz CT molecular complexity index is 334. The molecule has 4 atom stereocenters. The highest BCUT2D eigenvalue weighted by Crippen LogP contribution is 2.24. The second kappa shape index (κ2) is 5.67. The van der Waals surface area contributed by atoms with Crippen LogP contribution < -0.4 is 11.1 Å². The van der Waals surface area contributed by atoms with E-state index in [0.29, 0.717) is 19.4 Å². The van der Waals surface area contributed by atoms with Crippen molar-refractivity contribution in [3.05, 3.63) is 0 Å². The van der Waals surface area contributed by atoms with Gasteiger partial charge >= 0.3 is 5.97 Å². The van der Waals surface area contributed by atoms with Crippen LogP contribution in [0.15, 0.2) is 0 Å². The first-order valence-electron chi connectivity index (χ1n) is 6.49. The fourth-order valence-corrected chi connectivity index (χ4v) is 2.70. The van der Waals surface area contributed by atoms with Gasteiger partial charge in [0.1, 0.15) is 0 Å². The molecule has 1 saturated carbocycles. The number of amides is 1. The highest BCUT2D eigenvalue weighted by Gasteiger charge is 2.33. The number of carbonyl (C=O) groups is 2. The topological polar surface area (TPSA) is 102 Å². The van der Waals surface area contributed by atoms with Crippen LogP contribution in [0.3, 0.4) is 0 Å². The molecule has 1 aliphatic heterocycles. The average Bonchev–Trinajstić information content (AvgIpc) is 2.94. The molecule has 0 aromatic rings. The van der Waals surface area contributed by atoms with Crippen molar-refractivity contribution in [2.45, 2.75) is 50.4 Å². The Labute approximate surface area is 106 Å². The number of carbonyl (C=O) groups excluding carboxylic acids is 1. The van der Waals surface area contributed by atoms with Crippen molar-refractivity contribution < 1.29 is 19.4 Å². The van der Waals surface area contributed by atoms with Crippen LogP contribution >= 0.6 is 0 Å². The van der Waals surface area contributed by atoms with Crippen LogP contribution in [-0.2, 0) is 14.3 Å². The fraction of sp³-hybridized carbons (Fsp3) is 0.833. The molecule has 0 radical (unpaired) electrons. The minimum absolute atomic E-state index is 0.0256. The number of carboxylic acid groups (broad SMARTS) is 1. The number of hydrogen-bond acceptors (Lipinski definition) is 4. The molecular formula is C12H20N2O4. The van der Waals surface area contributed by atoms with Crippen LogP contribution in [0.25, 0.3) is 0 Å². The monoisotopic (exact) mass is 256 g/mol. The molecule has 1 saturated heterocycles. The SMILES string of the molecule is NC1CCCC1C(=O)NCC1CCC(C(=O)O)O1. The van der Waals surface area contributed by atoms with E-state index in [1.54, 1.807) is 0 Å². The van der Waals surface area contributed by atoms with Crippen molar-refractivity contribution in [2.75, 3.05) is 6.54 Å². The molecule has 0 aromatic heterocycles. The lowest BCUT2D eigenvalue weighted by molar-refractivity contribution is -0.149. The highest BCUT2D eigenvalue weighted by molar-refractivity contribution is 5.79. The third-order valence-electron chi connectivity index (χ3n) is 3.79. The predicted molar refractivity (Wildman–Crippen MR) is 63.9 cm³/mol. The minimum atomic E-state index is -0.929. The van der Waals surface area contributed by atoms with Gasteiger partial charge in [0, 0.05) is 12.6 Å². The molecule has 1 amide bonds. The lowest BCUT2D eigenvalue weighted by atomic mass is 10.0. The van der Waals surface area contributed by atoms with Gasteiger partial charge in [0.2, 0.25) is 5.91 Å². The summed E-state index contributed by atoms with van der Waals surface area (Å²) in [6, 6.07) is -0.0405. The molecule has 4 unspecified atom stereocenters. The number of carboxylic acids is 1. The number of nitrogens with one attached hydrogen (secondary N) is 1. The van der Waals surface area contributed by atoms with Gasteiger partial charge in [-0.05, 0) is 25.7 Å². The number of hydrogen-bond donors (Lipinski definition) is 3. The fourth-order valence-electron chi connectivity index (χ4n) is 2.70. The third-order valence-corrected chi connectivity index (χ3v) is 3.79. The predicted octanol–water partition coefficient (Wildman–Crippen LogP) is -0.138. The van der Waals surface area contributed by atoms with Gasteiger partial charge in [0.15, 0.2) is 6.10 Å². The first-order valence-corrected chi connectivity index (χ1v) is 6.49. The van der Waals surface area contributed by atoms with Crippen LogP contribution in [0.5, 0.6) is 0 Å². The highest BCUT2D eigenvalue weighted by atomic mass is 16.5. The van der Waals surface area contributed by atoms with Crippen molar-refractivity contribution in [1.29, 1.82) is 0 Å². The van der Waals surface area contributed by atoms with E-state index in [-0.39, 0.29) is 24.0 Å². The molecule has 6 nitrogen and oxygen atoms in total. The van der Waals surface area contributed by atoms with E-state index < -0.39 is 12.1 Å². The summed E-state index contributed by atoms with van der Waals surface area (Å²) in [6.45, 7) is 0.381. The number of ether oxygens (including phenoxy) is 1. The minimum Gasteiger partial charge on any atom is -0.479 e. The average molecular weight is 256 g/mol. The van der Waals surface area contributed by atoms with Gasteiger partial charge in [-0.25, -0.2) is 4.79 Å². The van der Waals surface area contributed by atoms with Gasteiger partial charge in [0.25, 0.3) is 0 Å². The maximum absolute atomic E-state index is 11.9. The Kier molecular flexibility index (Phi) is 4.19. The first-order chi connectivity index (χ1) is 8.58. The van der Waals surface area contributed by atoms with E-state index in [4.69, 9.17) is 15.6 Å². The summed E-state index contributed by atoms with van der Waals surface area (Å²) >= 11 is 0. The second-order valence-corrected chi connectivity index (χ2v) is 5.11. The molecular weight excluding hydrogens is 236 g/mol. The van der Waals surface area contributed by atoms with E-state index in [0.717, 1.165) is 19.3 Å². The Hall–Kier alpha value is -1.14. The third kappa shape index (κ3) is 3.00. The van der Waals surface area contributed by atoms with E-state index in [1.165, 1.54) is 0 Å². The van der Waals surface area contributed by atoms with E-state index in [2.05, 4.69) is 5.32 Å². The molecule has 2 rings (SSSR count). The molecule has 0 bridgehead atoms. The maximum Gasteiger partial charge on any atom is 0.332 e. The van der Waals surface area contributed by atoms with Crippen LogP contribution in [0.1, 0.15) is 32.1 Å². The first kappa shape index (κ1) is 13.3. The zero-order chi connectivity index (χ0) is 13.1. The molecule has 4 N–H and O–H groups in total. The normalized spacial score (nSPS) is 35.6. The molecule has 0 aromatic carbocycles. The summed E-state index contributed by atoms with van der Waals surface area (Å²) in [4.78, 5) is 22.6. The number of aliphatic carboxylic acids is 1. The second-order valence-electron chi connectivity index (χ2n) is 5.11. The van der Waals surface area contributed by atoms with Crippen molar-refractivity contribution in [1.82, 2.24) is 5.32 Å². The lowest BCUT2D eigenvalue weighted by Crippen LogP contribution is -2.41. The van der Waals surface area contributed by atoms with Crippen LogP contribution in [-0.4, -0.2) is 41.8 Å². The smallest absolute Gasteiger partial charge is 0.332 e. The lowest BCUT2D eigenvalue weighted by Gasteiger charge is -2.17. The molecule has 6 heteroatoms. The summed E-state index contributed by atoms with van der Waals surface area (Å²) < 4.78 is 5.32. The Balaban J connectivity index is 1.72. The molecule has 102 valence electrons. The van der Waals surface area contributed by atoms with Gasteiger partial charge in [-0.3, -0.25) is 4.79 Å². The van der Waals surface area contributed by atoms with Crippen molar-refractivity contribution in [2.24, 2.45) is 11.7 Å². The molecule has 2 fully saturated rings. The van der Waals surface area contributed by atoms with Gasteiger partial charge in [-0.15, -0.1) is 0 Å². The quantitative estimate of drug-likeness (QED) is 0.650. The van der Waals surface area contributed by atoms with Gasteiger partial charge < -0.3 is 20.9 Å². The summed E-state index contributed by atoms with van der Waals surface area (Å²) in [6.07, 6.45) is 3.02. The Morgan fingerprint density at radius 1 is 1.28 bits per heavy atom. The van der Waals surface area contributed by atoms with Crippen LogP contribution in [0, 0.1) is 5.92 Å². The molecule has 1 aliphatic carbocycles. The number of rotatable bonds is 4. The van der Waals surface area contributed by atoms with E-state index in [1.807, 2.05) is 0 Å². The van der Waals surface area contributed by atoms with Crippen molar-refractivity contribution in [3.8, 4) is 0 Å². The van der Waals surface area contributed by atoms with Gasteiger partial charge in [0.05, 0.1) is 12.0 Å². The van der Waals surface area contributed by atoms with E-state index in [9.17, 15) is 9.59 Å². The summed E-state index contributed by atoms with van der Waals surface area (Å²) in [5.74, 6) is -1.05.